The van der Waals surface area contributed by atoms with Crippen LogP contribution in [0.3, 0.4) is 0 Å². The van der Waals surface area contributed by atoms with Crippen LogP contribution in [0.25, 0.3) is 0 Å². The first-order valence-corrected chi connectivity index (χ1v) is 11.2. The third-order valence-corrected chi connectivity index (χ3v) is 6.50. The fraction of sp³-hybridized carbons (Fsp3) is 0.609. The predicted molar refractivity (Wildman–Crippen MR) is 109 cm³/mol. The topological polar surface area (TPSA) is 101 Å². The average Bonchev–Trinajstić information content (AvgIpc) is 3.15. The standard InChI is InChI=1S/C23H27NO8/c1-13(25)31-22-20(32-21-4-2-3-7-28-21)10-17(26)15-5-6-24(23(22)27)11-14-8-18-19(9-16(14)15)30-12-29-18/h8-9,15,20-22H,2-7,10-12H2,1H3/t15-,20+,21?,22-/m0/s1. The molecule has 2 saturated heterocycles. The van der Waals surface area contributed by atoms with Crippen molar-refractivity contribution in [2.45, 2.75) is 70.0 Å². The maximum Gasteiger partial charge on any atom is 0.303 e. The molecule has 1 aromatic carbocycles. The number of ketones is 1. The van der Waals surface area contributed by atoms with Gasteiger partial charge in [-0.15, -0.1) is 0 Å². The van der Waals surface area contributed by atoms with E-state index < -0.39 is 30.4 Å². The van der Waals surface area contributed by atoms with E-state index in [4.69, 9.17) is 23.7 Å². The molecule has 4 heterocycles. The van der Waals surface area contributed by atoms with Crippen molar-refractivity contribution in [2.75, 3.05) is 19.9 Å². The van der Waals surface area contributed by atoms with Crippen LogP contribution in [0.4, 0.5) is 0 Å². The Morgan fingerprint density at radius 1 is 1.12 bits per heavy atom. The molecule has 172 valence electrons. The zero-order chi connectivity index (χ0) is 22.2. The van der Waals surface area contributed by atoms with Crippen molar-refractivity contribution in [2.24, 2.45) is 0 Å². The quantitative estimate of drug-likeness (QED) is 0.652. The zero-order valence-electron chi connectivity index (χ0n) is 18.0. The third-order valence-electron chi connectivity index (χ3n) is 6.50. The summed E-state index contributed by atoms with van der Waals surface area (Å²) in [6.45, 7) is 2.61. The van der Waals surface area contributed by atoms with Crippen LogP contribution in [0, 0.1) is 0 Å². The van der Waals surface area contributed by atoms with Gasteiger partial charge in [0, 0.05) is 39.0 Å². The van der Waals surface area contributed by atoms with Gasteiger partial charge in [0.05, 0.1) is 0 Å². The summed E-state index contributed by atoms with van der Waals surface area (Å²) in [4.78, 5) is 40.6. The maximum atomic E-state index is 13.6. The second-order valence-electron chi connectivity index (χ2n) is 8.68. The number of amides is 1. The number of ether oxygens (including phenoxy) is 5. The van der Waals surface area contributed by atoms with Gasteiger partial charge in [-0.25, -0.2) is 0 Å². The van der Waals surface area contributed by atoms with Crippen molar-refractivity contribution < 1.29 is 38.1 Å². The Hall–Kier alpha value is -2.65. The van der Waals surface area contributed by atoms with Crippen molar-refractivity contribution in [3.63, 3.8) is 0 Å². The number of esters is 1. The van der Waals surface area contributed by atoms with Crippen molar-refractivity contribution in [1.82, 2.24) is 4.90 Å². The molecule has 0 N–H and O–H groups in total. The molecule has 4 aliphatic rings. The van der Waals surface area contributed by atoms with Crippen LogP contribution in [0.15, 0.2) is 12.1 Å². The number of carbonyl (C=O) groups excluding carboxylic acids is 3. The van der Waals surface area contributed by atoms with Crippen molar-refractivity contribution in [3.05, 3.63) is 23.3 Å². The summed E-state index contributed by atoms with van der Waals surface area (Å²) in [6.07, 6.45) is 0.365. The number of carbonyl (C=O) groups is 3. The summed E-state index contributed by atoms with van der Waals surface area (Å²) in [5, 5.41) is 0. The summed E-state index contributed by atoms with van der Waals surface area (Å²) in [5.41, 5.74) is 1.70. The molecule has 9 heteroatoms. The van der Waals surface area contributed by atoms with E-state index in [9.17, 15) is 14.4 Å². The zero-order valence-corrected chi connectivity index (χ0v) is 18.0. The summed E-state index contributed by atoms with van der Waals surface area (Å²) in [6, 6.07) is 3.70. The SMILES string of the molecule is CC(=O)O[C@@H]1C(=O)N2CC[C@H](C(=O)C[C@H]1OC1CCCCO1)c1cc3c(cc1C2)OCO3. The summed E-state index contributed by atoms with van der Waals surface area (Å²) < 4.78 is 28.2. The molecule has 0 saturated carbocycles. The molecule has 9 nitrogen and oxygen atoms in total. The normalized spacial score (nSPS) is 29.6. The molecule has 4 aliphatic heterocycles. The van der Waals surface area contributed by atoms with Crippen molar-refractivity contribution in [1.29, 1.82) is 0 Å². The second kappa shape index (κ2) is 8.71. The minimum atomic E-state index is -1.20. The Balaban J connectivity index is 1.51. The molecule has 1 amide bonds. The van der Waals surface area contributed by atoms with Gasteiger partial charge in [0.1, 0.15) is 11.9 Å². The minimum Gasteiger partial charge on any atom is -0.454 e. The van der Waals surface area contributed by atoms with E-state index in [1.165, 1.54) is 6.92 Å². The lowest BCUT2D eigenvalue weighted by Crippen LogP contribution is -2.49. The Bertz CT molecular complexity index is 925. The Labute approximate surface area is 185 Å². The number of fused-ring (bicyclic) bond motifs is 6. The highest BCUT2D eigenvalue weighted by Gasteiger charge is 2.43. The van der Waals surface area contributed by atoms with Gasteiger partial charge in [-0.05, 0) is 48.9 Å². The lowest BCUT2D eigenvalue weighted by molar-refractivity contribution is -0.215. The van der Waals surface area contributed by atoms with Gasteiger partial charge >= 0.3 is 5.97 Å². The number of rotatable bonds is 3. The molecular weight excluding hydrogens is 418 g/mol. The fourth-order valence-corrected chi connectivity index (χ4v) is 4.93. The van der Waals surface area contributed by atoms with Crippen LogP contribution < -0.4 is 9.47 Å². The Morgan fingerprint density at radius 2 is 1.94 bits per heavy atom. The van der Waals surface area contributed by atoms with Gasteiger partial charge in [-0.2, -0.15) is 0 Å². The van der Waals surface area contributed by atoms with E-state index >= 15 is 0 Å². The smallest absolute Gasteiger partial charge is 0.303 e. The second-order valence-corrected chi connectivity index (χ2v) is 8.68. The molecular formula is C23H27NO8. The third kappa shape index (κ3) is 4.06. The predicted octanol–water partition coefficient (Wildman–Crippen LogP) is 2.05. The maximum absolute atomic E-state index is 13.6. The molecule has 0 radical (unpaired) electrons. The highest BCUT2D eigenvalue weighted by molar-refractivity contribution is 5.91. The molecule has 5 rings (SSSR count). The number of hydrogen-bond acceptors (Lipinski definition) is 8. The molecule has 1 unspecified atom stereocenters. The highest BCUT2D eigenvalue weighted by atomic mass is 16.7. The van der Waals surface area contributed by atoms with Crippen LogP contribution in [-0.4, -0.2) is 61.0 Å². The molecule has 4 atom stereocenters. The highest BCUT2D eigenvalue weighted by Crippen LogP contribution is 2.41. The van der Waals surface area contributed by atoms with E-state index in [1.54, 1.807) is 4.90 Å². The van der Waals surface area contributed by atoms with Gasteiger partial charge in [0.15, 0.2) is 17.8 Å². The summed E-state index contributed by atoms with van der Waals surface area (Å²) in [7, 11) is 0. The average molecular weight is 445 g/mol. The van der Waals surface area contributed by atoms with Crippen LogP contribution >= 0.6 is 0 Å². The molecule has 0 spiro atoms. The van der Waals surface area contributed by atoms with Gasteiger partial charge in [0.25, 0.3) is 5.91 Å². The lowest BCUT2D eigenvalue weighted by Gasteiger charge is -2.33. The molecule has 32 heavy (non-hydrogen) atoms. The molecule has 2 fully saturated rings. The van der Waals surface area contributed by atoms with Crippen molar-refractivity contribution in [3.8, 4) is 11.5 Å². The Morgan fingerprint density at radius 3 is 2.69 bits per heavy atom. The largest absolute Gasteiger partial charge is 0.454 e. The van der Waals surface area contributed by atoms with Crippen LogP contribution in [-0.2, 0) is 35.1 Å². The van der Waals surface area contributed by atoms with E-state index in [2.05, 4.69) is 0 Å². The van der Waals surface area contributed by atoms with Crippen LogP contribution in [0.1, 0.15) is 56.1 Å². The van der Waals surface area contributed by atoms with Gasteiger partial charge < -0.3 is 28.6 Å². The number of hydrogen-bond donors (Lipinski definition) is 0. The number of benzene rings is 1. The van der Waals surface area contributed by atoms with E-state index in [1.807, 2.05) is 12.1 Å². The first-order chi connectivity index (χ1) is 15.5. The first kappa shape index (κ1) is 21.2. The van der Waals surface area contributed by atoms with Crippen molar-refractivity contribution >= 4 is 17.7 Å². The number of nitrogens with zero attached hydrogens (tertiary/aromatic N) is 1. The molecule has 1 aromatic rings. The lowest BCUT2D eigenvalue weighted by atomic mass is 9.86. The van der Waals surface area contributed by atoms with Gasteiger partial charge in [-0.1, -0.05) is 0 Å². The van der Waals surface area contributed by atoms with E-state index in [0.717, 1.165) is 24.0 Å². The van der Waals surface area contributed by atoms with Gasteiger partial charge in [0.2, 0.25) is 12.9 Å². The van der Waals surface area contributed by atoms with Crippen LogP contribution in [0.5, 0.6) is 11.5 Å². The monoisotopic (exact) mass is 445 g/mol. The van der Waals surface area contributed by atoms with E-state index in [-0.39, 0.29) is 24.9 Å². The Kier molecular flexibility index (Phi) is 5.77. The summed E-state index contributed by atoms with van der Waals surface area (Å²) >= 11 is 0. The minimum absolute atomic E-state index is 0.0457. The van der Waals surface area contributed by atoms with Crippen LogP contribution in [0.2, 0.25) is 0 Å². The number of Topliss-reactive ketones (excluding diaryl/α,β-unsaturated/α-hetero) is 1. The van der Waals surface area contributed by atoms with Gasteiger partial charge in [-0.3, -0.25) is 14.4 Å². The fourth-order valence-electron chi connectivity index (χ4n) is 4.93. The first-order valence-electron chi connectivity index (χ1n) is 11.2. The molecule has 0 aromatic heterocycles. The summed E-state index contributed by atoms with van der Waals surface area (Å²) in [5.74, 6) is -0.204. The molecule has 2 bridgehead atoms. The van der Waals surface area contributed by atoms with E-state index in [0.29, 0.717) is 44.0 Å². The molecule has 0 aliphatic carbocycles.